The van der Waals surface area contributed by atoms with Crippen LogP contribution in [0.1, 0.15) is 43.4 Å². The molecular weight excluding hydrogens is 418 g/mol. The van der Waals surface area contributed by atoms with E-state index in [2.05, 4.69) is 48.7 Å². The van der Waals surface area contributed by atoms with Gasteiger partial charge in [-0.05, 0) is 74.3 Å². The number of aliphatic carboxylic acids is 1. The normalized spacial score (nSPS) is 14.4. The largest absolute Gasteiger partial charge is 0.489 e. The summed E-state index contributed by atoms with van der Waals surface area (Å²) >= 11 is 0. The first-order valence-corrected chi connectivity index (χ1v) is 11.4. The summed E-state index contributed by atoms with van der Waals surface area (Å²) in [5, 5.41) is 34.4. The first-order valence-electron chi connectivity index (χ1n) is 11.4. The summed E-state index contributed by atoms with van der Waals surface area (Å²) in [5.41, 5.74) is 4.04. The predicted molar refractivity (Wildman–Crippen MR) is 127 cm³/mol. The van der Waals surface area contributed by atoms with Crippen molar-refractivity contribution in [3.05, 3.63) is 59.2 Å². The molecule has 0 spiro atoms. The molecule has 0 radical (unpaired) electrons. The van der Waals surface area contributed by atoms with Crippen LogP contribution in [0, 0.1) is 17.4 Å². The van der Waals surface area contributed by atoms with Crippen LogP contribution in [-0.4, -0.2) is 41.0 Å². The maximum absolute atomic E-state index is 10.8. The molecule has 33 heavy (non-hydrogen) atoms. The van der Waals surface area contributed by atoms with E-state index in [9.17, 15) is 9.90 Å². The van der Waals surface area contributed by atoms with Crippen LogP contribution in [0.2, 0.25) is 0 Å². The monoisotopic (exact) mass is 451 g/mol. The molecule has 3 rings (SSSR count). The summed E-state index contributed by atoms with van der Waals surface area (Å²) in [6, 6.07) is 13.8. The fourth-order valence-electron chi connectivity index (χ4n) is 4.48. The van der Waals surface area contributed by atoms with Crippen molar-refractivity contribution in [1.29, 1.82) is 5.26 Å². The number of aliphatic hydroxyl groups is 1. The maximum Gasteiger partial charge on any atom is 0.303 e. The predicted octanol–water partition coefficient (Wildman–Crippen LogP) is 3.51. The van der Waals surface area contributed by atoms with Crippen LogP contribution >= 0.6 is 0 Å². The fourth-order valence-corrected chi connectivity index (χ4v) is 4.48. The van der Waals surface area contributed by atoms with Crippen LogP contribution in [0.4, 0.5) is 5.69 Å². The van der Waals surface area contributed by atoms with Gasteiger partial charge in [-0.3, -0.25) is 10.1 Å². The van der Waals surface area contributed by atoms with Crippen molar-refractivity contribution < 1.29 is 19.7 Å². The summed E-state index contributed by atoms with van der Waals surface area (Å²) in [7, 11) is 0. The van der Waals surface area contributed by atoms with Crippen LogP contribution in [0.5, 0.6) is 5.75 Å². The van der Waals surface area contributed by atoms with Gasteiger partial charge in [-0.15, -0.1) is 0 Å². The highest BCUT2D eigenvalue weighted by atomic mass is 16.5. The molecule has 176 valence electrons. The molecule has 1 aliphatic carbocycles. The molecule has 0 fully saturated rings. The van der Waals surface area contributed by atoms with Crippen molar-refractivity contribution in [2.24, 2.45) is 5.92 Å². The Labute approximate surface area is 195 Å². The van der Waals surface area contributed by atoms with Gasteiger partial charge in [0, 0.05) is 18.5 Å². The SMILES string of the molecule is CC(C)(CC1Cc2ccccc2C1)NCC(O)COc1cc(CCC(=O)O)ccc1NC#N. The van der Waals surface area contributed by atoms with Crippen molar-refractivity contribution >= 4 is 11.7 Å². The number of benzene rings is 2. The van der Waals surface area contributed by atoms with Gasteiger partial charge >= 0.3 is 5.97 Å². The Morgan fingerprint density at radius 2 is 1.94 bits per heavy atom. The summed E-state index contributed by atoms with van der Waals surface area (Å²) in [4.78, 5) is 10.8. The molecule has 0 bridgehead atoms. The van der Waals surface area contributed by atoms with E-state index in [1.807, 2.05) is 6.19 Å². The van der Waals surface area contributed by atoms with E-state index >= 15 is 0 Å². The van der Waals surface area contributed by atoms with E-state index in [1.54, 1.807) is 18.2 Å². The summed E-state index contributed by atoms with van der Waals surface area (Å²) < 4.78 is 5.79. The number of nitriles is 1. The Hall–Kier alpha value is -3.08. The molecule has 4 N–H and O–H groups in total. The van der Waals surface area contributed by atoms with Crippen LogP contribution in [-0.2, 0) is 24.1 Å². The minimum absolute atomic E-state index is 0.0121. The van der Waals surface area contributed by atoms with Crippen LogP contribution in [0.3, 0.4) is 0 Å². The minimum atomic E-state index is -0.873. The maximum atomic E-state index is 10.8. The zero-order valence-electron chi connectivity index (χ0n) is 19.3. The lowest BCUT2D eigenvalue weighted by molar-refractivity contribution is -0.136. The van der Waals surface area contributed by atoms with Gasteiger partial charge in [0.15, 0.2) is 6.19 Å². The number of anilines is 1. The molecule has 7 nitrogen and oxygen atoms in total. The third-order valence-electron chi connectivity index (χ3n) is 6.05. The molecule has 2 aromatic rings. The Morgan fingerprint density at radius 1 is 1.24 bits per heavy atom. The quantitative estimate of drug-likeness (QED) is 0.288. The van der Waals surface area contributed by atoms with E-state index in [0.29, 0.717) is 30.3 Å². The highest BCUT2D eigenvalue weighted by Crippen LogP contribution is 2.32. The summed E-state index contributed by atoms with van der Waals surface area (Å²) in [6.07, 6.45) is 4.72. The van der Waals surface area contributed by atoms with Gasteiger partial charge in [-0.1, -0.05) is 30.3 Å². The second-order valence-corrected chi connectivity index (χ2v) is 9.44. The first kappa shape index (κ1) is 24.6. The standard InChI is InChI=1S/C26H33N3O4/c1-26(2,14-19-11-20-5-3-4-6-21(20)12-19)29-15-22(30)16-33-24-13-18(8-10-25(31)32)7-9-23(24)28-17-27/h3-7,9,13,19,22,28-30H,8,10-12,14-16H2,1-2H3,(H,31,32). The molecule has 1 atom stereocenters. The number of nitrogens with zero attached hydrogens (tertiary/aromatic N) is 1. The number of ether oxygens (including phenoxy) is 1. The van der Waals surface area contributed by atoms with Crippen molar-refractivity contribution in [2.75, 3.05) is 18.5 Å². The minimum Gasteiger partial charge on any atom is -0.489 e. The number of carbonyl (C=O) groups is 1. The number of carboxylic acid groups (broad SMARTS) is 1. The number of aryl methyl sites for hydroxylation is 1. The van der Waals surface area contributed by atoms with Gasteiger partial charge < -0.3 is 20.3 Å². The molecule has 1 unspecified atom stereocenters. The number of fused-ring (bicyclic) bond motifs is 1. The molecule has 0 saturated heterocycles. The van der Waals surface area contributed by atoms with Gasteiger partial charge in [-0.25, -0.2) is 0 Å². The number of β-amino-alcohol motifs (C(OH)–C–C–N with tert-alkyl or cyclic N) is 1. The third-order valence-corrected chi connectivity index (χ3v) is 6.05. The van der Waals surface area contributed by atoms with Crippen LogP contribution in [0.25, 0.3) is 0 Å². The summed E-state index contributed by atoms with van der Waals surface area (Å²) in [5.74, 6) is 0.134. The number of nitrogens with one attached hydrogen (secondary N) is 2. The molecule has 0 aliphatic heterocycles. The topological polar surface area (TPSA) is 115 Å². The zero-order valence-corrected chi connectivity index (χ0v) is 19.3. The zero-order chi connectivity index (χ0) is 23.8. The Kier molecular flexibility index (Phi) is 8.32. The second kappa shape index (κ2) is 11.2. The molecule has 0 heterocycles. The van der Waals surface area contributed by atoms with E-state index in [4.69, 9.17) is 15.1 Å². The number of hydrogen-bond donors (Lipinski definition) is 4. The van der Waals surface area contributed by atoms with Crippen molar-refractivity contribution in [1.82, 2.24) is 5.32 Å². The van der Waals surface area contributed by atoms with Gasteiger partial charge in [-0.2, -0.15) is 5.26 Å². The molecule has 7 heteroatoms. The highest BCUT2D eigenvalue weighted by Gasteiger charge is 2.28. The highest BCUT2D eigenvalue weighted by molar-refractivity contribution is 5.67. The Bertz CT molecular complexity index is 974. The van der Waals surface area contributed by atoms with Gasteiger partial charge in [0.2, 0.25) is 0 Å². The number of rotatable bonds is 12. The lowest BCUT2D eigenvalue weighted by atomic mass is 9.88. The Morgan fingerprint density at radius 3 is 2.58 bits per heavy atom. The molecule has 0 amide bonds. The lowest BCUT2D eigenvalue weighted by Crippen LogP contribution is -2.46. The van der Waals surface area contributed by atoms with Gasteiger partial charge in [0.25, 0.3) is 0 Å². The molecule has 0 aromatic heterocycles. The molecule has 0 saturated carbocycles. The van der Waals surface area contributed by atoms with Gasteiger partial charge in [0.05, 0.1) is 5.69 Å². The Balaban J connectivity index is 1.49. The second-order valence-electron chi connectivity index (χ2n) is 9.44. The van der Waals surface area contributed by atoms with E-state index < -0.39 is 12.1 Å². The van der Waals surface area contributed by atoms with Gasteiger partial charge in [0.1, 0.15) is 18.5 Å². The number of carboxylic acids is 1. The first-order chi connectivity index (χ1) is 15.8. The van der Waals surface area contributed by atoms with E-state index in [0.717, 1.165) is 24.8 Å². The average Bonchev–Trinajstić information content (AvgIpc) is 3.17. The van der Waals surface area contributed by atoms with Crippen LogP contribution < -0.4 is 15.4 Å². The van der Waals surface area contributed by atoms with E-state index in [-0.39, 0.29) is 18.6 Å². The summed E-state index contributed by atoms with van der Waals surface area (Å²) in [6.45, 7) is 4.75. The number of hydrogen-bond acceptors (Lipinski definition) is 6. The molecule has 2 aromatic carbocycles. The molecule has 1 aliphatic rings. The third kappa shape index (κ3) is 7.48. The van der Waals surface area contributed by atoms with Crippen molar-refractivity contribution in [3.63, 3.8) is 0 Å². The molecular formula is C26H33N3O4. The smallest absolute Gasteiger partial charge is 0.303 e. The number of aliphatic hydroxyl groups excluding tert-OH is 1. The van der Waals surface area contributed by atoms with E-state index in [1.165, 1.54) is 11.1 Å². The van der Waals surface area contributed by atoms with Crippen molar-refractivity contribution in [2.45, 2.75) is 57.6 Å². The lowest BCUT2D eigenvalue weighted by Gasteiger charge is -2.30. The van der Waals surface area contributed by atoms with Crippen molar-refractivity contribution in [3.8, 4) is 11.9 Å². The fraction of sp³-hybridized carbons (Fsp3) is 0.462. The average molecular weight is 452 g/mol. The van der Waals surface area contributed by atoms with Crippen LogP contribution in [0.15, 0.2) is 42.5 Å².